The van der Waals surface area contributed by atoms with E-state index < -0.39 is 0 Å². The molecule has 0 saturated heterocycles. The van der Waals surface area contributed by atoms with Crippen molar-refractivity contribution in [2.24, 2.45) is 0 Å². The second-order valence-electron chi connectivity index (χ2n) is 2.91. The zero-order valence-electron chi connectivity index (χ0n) is 7.67. The van der Waals surface area contributed by atoms with Gasteiger partial charge in [-0.2, -0.15) is 10.6 Å². The Bertz CT molecular complexity index is 441. The van der Waals surface area contributed by atoms with Crippen LogP contribution in [0.4, 0.5) is 0 Å². The Morgan fingerprint density at radius 2 is 2.43 bits per heavy atom. The summed E-state index contributed by atoms with van der Waals surface area (Å²) in [5.41, 5.74) is 4.73. The maximum absolute atomic E-state index is 5.87. The van der Waals surface area contributed by atoms with E-state index >= 15 is 0 Å². The average Bonchev–Trinajstić information content (AvgIpc) is 2.57. The van der Waals surface area contributed by atoms with Crippen molar-refractivity contribution in [1.29, 1.82) is 0 Å². The van der Waals surface area contributed by atoms with Crippen LogP contribution in [0.5, 0.6) is 0 Å². The number of rotatable bonds is 3. The minimum Gasteiger partial charge on any atom is -0.305 e. The molecule has 0 atom stereocenters. The first-order valence-corrected chi connectivity index (χ1v) is 4.57. The number of hydroxylamine groups is 1. The molecule has 2 aromatic rings. The lowest BCUT2D eigenvalue weighted by atomic mass is 10.2. The molecule has 74 valence electrons. The van der Waals surface area contributed by atoms with Gasteiger partial charge in [0.1, 0.15) is 5.15 Å². The van der Waals surface area contributed by atoms with Gasteiger partial charge in [0.25, 0.3) is 0 Å². The van der Waals surface area contributed by atoms with E-state index in [4.69, 9.17) is 16.4 Å². The number of aromatic amines is 1. The molecule has 0 aliphatic carbocycles. The molecule has 0 aliphatic rings. The van der Waals surface area contributed by atoms with Crippen LogP contribution in [0.15, 0.2) is 18.2 Å². The fourth-order valence-corrected chi connectivity index (χ4v) is 1.49. The molecule has 0 fully saturated rings. The molecule has 4 nitrogen and oxygen atoms in total. The van der Waals surface area contributed by atoms with Crippen LogP contribution < -0.4 is 5.48 Å². The van der Waals surface area contributed by atoms with E-state index in [9.17, 15) is 0 Å². The summed E-state index contributed by atoms with van der Waals surface area (Å²) in [6, 6.07) is 5.88. The smallest absolute Gasteiger partial charge is 0.132 e. The van der Waals surface area contributed by atoms with E-state index in [-0.39, 0.29) is 0 Å². The summed E-state index contributed by atoms with van der Waals surface area (Å²) in [5, 5.41) is 8.30. The van der Waals surface area contributed by atoms with Gasteiger partial charge >= 0.3 is 0 Å². The maximum atomic E-state index is 5.87. The number of benzene rings is 1. The molecule has 0 bridgehead atoms. The first-order valence-electron chi connectivity index (χ1n) is 4.19. The second kappa shape index (κ2) is 3.96. The third-order valence-corrected chi connectivity index (χ3v) is 2.28. The molecule has 0 radical (unpaired) electrons. The normalized spacial score (nSPS) is 11.0. The van der Waals surface area contributed by atoms with Crippen LogP contribution in [0.3, 0.4) is 0 Å². The lowest BCUT2D eigenvalue weighted by Gasteiger charge is -2.01. The molecule has 0 aliphatic heterocycles. The van der Waals surface area contributed by atoms with E-state index in [2.05, 4.69) is 15.7 Å². The topological polar surface area (TPSA) is 49.9 Å². The third kappa shape index (κ3) is 1.72. The number of H-pyrrole nitrogens is 1. The number of hydrogen-bond donors (Lipinski definition) is 2. The second-order valence-corrected chi connectivity index (χ2v) is 3.29. The predicted octanol–water partition coefficient (Wildman–Crippen LogP) is 1.87. The first kappa shape index (κ1) is 9.45. The van der Waals surface area contributed by atoms with Crippen molar-refractivity contribution in [1.82, 2.24) is 15.7 Å². The standard InChI is InChI=1S/C9H10ClN3O/c1-14-11-5-6-2-3-7-8(4-6)12-13-9(7)10/h2-4,11H,5H2,1H3,(H,12,13). The van der Waals surface area contributed by atoms with Crippen molar-refractivity contribution in [3.63, 3.8) is 0 Å². The molecule has 0 unspecified atom stereocenters. The molecule has 2 N–H and O–H groups in total. The molecular weight excluding hydrogens is 202 g/mol. The van der Waals surface area contributed by atoms with Gasteiger partial charge in [0, 0.05) is 11.9 Å². The summed E-state index contributed by atoms with van der Waals surface area (Å²) in [4.78, 5) is 4.76. The highest BCUT2D eigenvalue weighted by Crippen LogP contribution is 2.20. The van der Waals surface area contributed by atoms with Crippen LogP contribution in [-0.4, -0.2) is 17.3 Å². The molecule has 0 spiro atoms. The predicted molar refractivity (Wildman–Crippen MR) is 55.0 cm³/mol. The van der Waals surface area contributed by atoms with Crippen LogP contribution in [0, 0.1) is 0 Å². The van der Waals surface area contributed by atoms with Crippen LogP contribution in [0.25, 0.3) is 10.9 Å². The molecule has 1 aromatic heterocycles. The van der Waals surface area contributed by atoms with Crippen LogP contribution in [-0.2, 0) is 11.4 Å². The van der Waals surface area contributed by atoms with Gasteiger partial charge in [-0.25, -0.2) is 0 Å². The molecule has 2 rings (SSSR count). The number of halogens is 1. The monoisotopic (exact) mass is 211 g/mol. The highest BCUT2D eigenvalue weighted by molar-refractivity contribution is 6.34. The largest absolute Gasteiger partial charge is 0.305 e. The lowest BCUT2D eigenvalue weighted by molar-refractivity contribution is 0.0867. The first-order chi connectivity index (χ1) is 6.81. The highest BCUT2D eigenvalue weighted by Gasteiger charge is 2.02. The van der Waals surface area contributed by atoms with Crippen molar-refractivity contribution in [3.05, 3.63) is 28.9 Å². The van der Waals surface area contributed by atoms with E-state index in [1.165, 1.54) is 0 Å². The Morgan fingerprint density at radius 1 is 1.57 bits per heavy atom. The number of aromatic nitrogens is 2. The van der Waals surface area contributed by atoms with Crippen LogP contribution >= 0.6 is 11.6 Å². The highest BCUT2D eigenvalue weighted by atomic mass is 35.5. The minimum absolute atomic E-state index is 0.575. The zero-order chi connectivity index (χ0) is 9.97. The fourth-order valence-electron chi connectivity index (χ4n) is 1.29. The maximum Gasteiger partial charge on any atom is 0.132 e. The zero-order valence-corrected chi connectivity index (χ0v) is 8.43. The number of hydrogen-bond acceptors (Lipinski definition) is 3. The molecule has 1 aromatic carbocycles. The molecule has 1 heterocycles. The van der Waals surface area contributed by atoms with Crippen LogP contribution in [0.2, 0.25) is 5.15 Å². The molecular formula is C9H10ClN3O. The van der Waals surface area contributed by atoms with E-state index in [1.807, 2.05) is 18.2 Å². The van der Waals surface area contributed by atoms with Crippen molar-refractivity contribution in [3.8, 4) is 0 Å². The Morgan fingerprint density at radius 3 is 3.21 bits per heavy atom. The van der Waals surface area contributed by atoms with Crippen molar-refractivity contribution in [2.75, 3.05) is 7.11 Å². The minimum atomic E-state index is 0.575. The molecule has 14 heavy (non-hydrogen) atoms. The number of nitrogens with one attached hydrogen (secondary N) is 2. The fraction of sp³-hybridized carbons (Fsp3) is 0.222. The Balaban J connectivity index is 2.32. The Kier molecular flexibility index (Phi) is 2.67. The van der Waals surface area contributed by atoms with Crippen LogP contribution in [0.1, 0.15) is 5.56 Å². The Labute approximate surface area is 86.2 Å². The number of nitrogens with zero attached hydrogens (tertiary/aromatic N) is 1. The van der Waals surface area contributed by atoms with Crippen molar-refractivity contribution in [2.45, 2.75) is 6.54 Å². The van der Waals surface area contributed by atoms with Gasteiger partial charge in [0.05, 0.1) is 12.6 Å². The Hall–Kier alpha value is -1.10. The summed E-state index contributed by atoms with van der Waals surface area (Å²) in [7, 11) is 1.59. The van der Waals surface area contributed by atoms with Gasteiger partial charge in [0.2, 0.25) is 0 Å². The SMILES string of the molecule is CONCc1ccc2c(Cl)[nH]nc2c1. The van der Waals surface area contributed by atoms with Gasteiger partial charge < -0.3 is 4.84 Å². The molecule has 5 heteroatoms. The van der Waals surface area contributed by atoms with Gasteiger partial charge in [-0.3, -0.25) is 5.10 Å². The van der Waals surface area contributed by atoms with Crippen molar-refractivity contribution < 1.29 is 4.84 Å². The summed E-state index contributed by atoms with van der Waals surface area (Å²) >= 11 is 5.87. The lowest BCUT2D eigenvalue weighted by Crippen LogP contribution is -2.10. The van der Waals surface area contributed by atoms with Gasteiger partial charge in [-0.15, -0.1) is 0 Å². The summed E-state index contributed by atoms with van der Waals surface area (Å²) in [6.45, 7) is 0.650. The summed E-state index contributed by atoms with van der Waals surface area (Å²) < 4.78 is 0. The van der Waals surface area contributed by atoms with E-state index in [0.717, 1.165) is 16.5 Å². The van der Waals surface area contributed by atoms with Gasteiger partial charge in [0.15, 0.2) is 0 Å². The third-order valence-electron chi connectivity index (χ3n) is 1.99. The summed E-state index contributed by atoms with van der Waals surface area (Å²) in [6.07, 6.45) is 0. The molecule has 0 amide bonds. The van der Waals surface area contributed by atoms with E-state index in [0.29, 0.717) is 11.7 Å². The molecule has 0 saturated carbocycles. The average molecular weight is 212 g/mol. The van der Waals surface area contributed by atoms with Crippen molar-refractivity contribution >= 4 is 22.5 Å². The summed E-state index contributed by atoms with van der Waals surface area (Å²) in [5.74, 6) is 0. The number of fused-ring (bicyclic) bond motifs is 1. The van der Waals surface area contributed by atoms with Gasteiger partial charge in [-0.1, -0.05) is 17.7 Å². The van der Waals surface area contributed by atoms with Gasteiger partial charge in [-0.05, 0) is 17.7 Å². The quantitative estimate of drug-likeness (QED) is 0.763. The van der Waals surface area contributed by atoms with E-state index in [1.54, 1.807) is 7.11 Å².